The van der Waals surface area contributed by atoms with E-state index in [2.05, 4.69) is 0 Å². The monoisotopic (exact) mass is 246 g/mol. The van der Waals surface area contributed by atoms with E-state index < -0.39 is 0 Å². The maximum atomic E-state index is 10.7. The molecule has 5 heteroatoms. The maximum absolute atomic E-state index is 10.7. The van der Waals surface area contributed by atoms with Gasteiger partial charge in [0, 0.05) is 29.9 Å². The average molecular weight is 246 g/mol. The first kappa shape index (κ1) is 12.3. The minimum atomic E-state index is -0.381. The van der Waals surface area contributed by atoms with E-state index in [4.69, 9.17) is 4.84 Å². The van der Waals surface area contributed by atoms with E-state index in [0.717, 1.165) is 11.3 Å². The zero-order chi connectivity index (χ0) is 13.1. The van der Waals surface area contributed by atoms with E-state index in [-0.39, 0.29) is 16.5 Å². The second kappa shape index (κ2) is 5.01. The lowest BCUT2D eigenvalue weighted by atomic mass is 9.96. The second-order valence-electron chi connectivity index (χ2n) is 4.04. The van der Waals surface area contributed by atoms with Crippen molar-refractivity contribution in [1.82, 2.24) is 5.06 Å². The van der Waals surface area contributed by atoms with Crippen molar-refractivity contribution in [3.8, 4) is 0 Å². The standard InChI is InChI=1S/C13H14N2O3/c1-10-8-12(6-7-14(10)18-2)11-4-3-5-13(9-11)15(16)17/h3-9,12H,1-2H3. The minimum Gasteiger partial charge on any atom is -0.273 e. The van der Waals surface area contributed by atoms with Crippen molar-refractivity contribution in [3.05, 3.63) is 64.0 Å². The Morgan fingerprint density at radius 2 is 2.22 bits per heavy atom. The molecule has 0 radical (unpaired) electrons. The summed E-state index contributed by atoms with van der Waals surface area (Å²) in [5.41, 5.74) is 1.97. The average Bonchev–Trinajstić information content (AvgIpc) is 2.38. The van der Waals surface area contributed by atoms with Crippen LogP contribution in [0.3, 0.4) is 0 Å². The third kappa shape index (κ3) is 2.41. The van der Waals surface area contributed by atoms with E-state index in [1.165, 1.54) is 6.07 Å². The van der Waals surface area contributed by atoms with Crippen molar-refractivity contribution in [2.75, 3.05) is 7.11 Å². The molecule has 2 rings (SSSR count). The Bertz CT molecular complexity index is 523. The van der Waals surface area contributed by atoms with Gasteiger partial charge in [0.1, 0.15) is 0 Å². The Morgan fingerprint density at radius 3 is 2.83 bits per heavy atom. The lowest BCUT2D eigenvalue weighted by Gasteiger charge is -2.24. The molecule has 0 saturated heterocycles. The van der Waals surface area contributed by atoms with Crippen LogP contribution in [-0.2, 0) is 4.84 Å². The van der Waals surface area contributed by atoms with Gasteiger partial charge in [-0.25, -0.2) is 5.06 Å². The van der Waals surface area contributed by atoms with Gasteiger partial charge in [-0.15, -0.1) is 0 Å². The summed E-state index contributed by atoms with van der Waals surface area (Å²) >= 11 is 0. The molecule has 1 aliphatic heterocycles. The highest BCUT2D eigenvalue weighted by Gasteiger charge is 2.15. The van der Waals surface area contributed by atoms with Crippen LogP contribution in [0.2, 0.25) is 0 Å². The minimum absolute atomic E-state index is 0.0382. The fourth-order valence-electron chi connectivity index (χ4n) is 1.94. The molecule has 1 heterocycles. The molecule has 0 aliphatic carbocycles. The van der Waals surface area contributed by atoms with Crippen molar-refractivity contribution in [2.24, 2.45) is 0 Å². The molecule has 0 bridgehead atoms. The smallest absolute Gasteiger partial charge is 0.269 e. The van der Waals surface area contributed by atoms with Gasteiger partial charge in [-0.2, -0.15) is 0 Å². The van der Waals surface area contributed by atoms with Gasteiger partial charge in [-0.05, 0) is 12.5 Å². The lowest BCUT2D eigenvalue weighted by Crippen LogP contribution is -2.17. The number of benzene rings is 1. The maximum Gasteiger partial charge on any atom is 0.269 e. The van der Waals surface area contributed by atoms with Gasteiger partial charge in [0.25, 0.3) is 5.69 Å². The largest absolute Gasteiger partial charge is 0.273 e. The van der Waals surface area contributed by atoms with Gasteiger partial charge >= 0.3 is 0 Å². The van der Waals surface area contributed by atoms with E-state index in [9.17, 15) is 10.1 Å². The summed E-state index contributed by atoms with van der Waals surface area (Å²) < 4.78 is 0. The van der Waals surface area contributed by atoms with Gasteiger partial charge in [0.2, 0.25) is 0 Å². The lowest BCUT2D eigenvalue weighted by molar-refractivity contribution is -0.384. The van der Waals surface area contributed by atoms with E-state index in [1.54, 1.807) is 24.3 Å². The third-order valence-electron chi connectivity index (χ3n) is 2.86. The number of allylic oxidation sites excluding steroid dienone is 3. The number of hydrogen-bond donors (Lipinski definition) is 0. The SMILES string of the molecule is CON1C=CC(c2cccc([N+](=O)[O-])c2)C=C1C. The molecule has 5 nitrogen and oxygen atoms in total. The number of nitrogens with zero attached hydrogens (tertiary/aromatic N) is 2. The summed E-state index contributed by atoms with van der Waals surface area (Å²) in [6.07, 6.45) is 5.76. The van der Waals surface area contributed by atoms with E-state index in [0.29, 0.717) is 0 Å². The Morgan fingerprint density at radius 1 is 1.44 bits per heavy atom. The number of nitro groups is 1. The topological polar surface area (TPSA) is 55.6 Å². The normalized spacial score (nSPS) is 18.7. The molecule has 0 fully saturated rings. The molecular weight excluding hydrogens is 232 g/mol. The van der Waals surface area contributed by atoms with E-state index >= 15 is 0 Å². The molecule has 1 aromatic rings. The number of non-ortho nitro benzene ring substituents is 1. The van der Waals surface area contributed by atoms with Gasteiger partial charge in [-0.1, -0.05) is 24.3 Å². The van der Waals surface area contributed by atoms with Crippen molar-refractivity contribution < 1.29 is 9.76 Å². The van der Waals surface area contributed by atoms with Crippen LogP contribution in [0, 0.1) is 10.1 Å². The third-order valence-corrected chi connectivity index (χ3v) is 2.86. The quantitative estimate of drug-likeness (QED) is 0.607. The molecule has 94 valence electrons. The zero-order valence-corrected chi connectivity index (χ0v) is 10.2. The van der Waals surface area contributed by atoms with Crippen LogP contribution in [0.15, 0.2) is 48.3 Å². The van der Waals surface area contributed by atoms with Crippen LogP contribution in [0.4, 0.5) is 5.69 Å². The summed E-state index contributed by atoms with van der Waals surface area (Å²) in [4.78, 5) is 15.5. The van der Waals surface area contributed by atoms with E-state index in [1.807, 2.05) is 31.3 Å². The summed E-state index contributed by atoms with van der Waals surface area (Å²) in [6.45, 7) is 1.93. The molecule has 18 heavy (non-hydrogen) atoms. The molecule has 1 aromatic carbocycles. The van der Waals surface area contributed by atoms with Crippen LogP contribution >= 0.6 is 0 Å². The Balaban J connectivity index is 2.28. The Kier molecular flexibility index (Phi) is 3.43. The molecule has 0 amide bonds. The molecule has 0 aromatic heterocycles. The first-order valence-electron chi connectivity index (χ1n) is 5.56. The number of hydroxylamine groups is 2. The van der Waals surface area contributed by atoms with Gasteiger partial charge in [-0.3, -0.25) is 15.0 Å². The number of nitro benzene ring substituents is 1. The van der Waals surface area contributed by atoms with Crippen LogP contribution in [0.5, 0.6) is 0 Å². The van der Waals surface area contributed by atoms with Crippen LogP contribution in [-0.4, -0.2) is 17.1 Å². The first-order valence-corrected chi connectivity index (χ1v) is 5.56. The number of rotatable bonds is 3. The van der Waals surface area contributed by atoms with Crippen LogP contribution in [0.1, 0.15) is 18.4 Å². The summed E-state index contributed by atoms with van der Waals surface area (Å²) in [5.74, 6) is 0.0382. The van der Waals surface area contributed by atoms with Crippen LogP contribution in [0.25, 0.3) is 0 Å². The predicted molar refractivity (Wildman–Crippen MR) is 67.6 cm³/mol. The van der Waals surface area contributed by atoms with Crippen LogP contribution < -0.4 is 0 Å². The molecule has 1 unspecified atom stereocenters. The zero-order valence-electron chi connectivity index (χ0n) is 10.2. The van der Waals surface area contributed by atoms with Crippen molar-refractivity contribution in [3.63, 3.8) is 0 Å². The second-order valence-corrected chi connectivity index (χ2v) is 4.04. The number of hydrogen-bond acceptors (Lipinski definition) is 4. The fourth-order valence-corrected chi connectivity index (χ4v) is 1.94. The summed E-state index contributed by atoms with van der Waals surface area (Å²) in [7, 11) is 1.59. The molecule has 0 saturated carbocycles. The van der Waals surface area contributed by atoms with Gasteiger partial charge in [0.15, 0.2) is 0 Å². The van der Waals surface area contributed by atoms with Gasteiger partial charge < -0.3 is 0 Å². The van der Waals surface area contributed by atoms with Crippen molar-refractivity contribution in [2.45, 2.75) is 12.8 Å². The summed E-state index contributed by atoms with van der Waals surface area (Å²) in [6, 6.07) is 6.68. The van der Waals surface area contributed by atoms with Gasteiger partial charge in [0.05, 0.1) is 12.0 Å². The predicted octanol–water partition coefficient (Wildman–Crippen LogP) is 2.97. The highest BCUT2D eigenvalue weighted by molar-refractivity contribution is 5.40. The summed E-state index contributed by atoms with van der Waals surface area (Å²) in [5, 5.41) is 12.4. The molecule has 1 aliphatic rings. The highest BCUT2D eigenvalue weighted by Crippen LogP contribution is 2.28. The molecule has 1 atom stereocenters. The first-order chi connectivity index (χ1) is 8.61. The Hall–Kier alpha value is -2.14. The molecule has 0 spiro atoms. The van der Waals surface area contributed by atoms with Crippen molar-refractivity contribution >= 4 is 5.69 Å². The van der Waals surface area contributed by atoms with Crippen molar-refractivity contribution in [1.29, 1.82) is 0 Å². The molecular formula is C13H14N2O3. The highest BCUT2D eigenvalue weighted by atomic mass is 16.7. The fraction of sp³-hybridized carbons (Fsp3) is 0.231. The molecule has 0 N–H and O–H groups in total. The Labute approximate surface area is 105 Å².